The lowest BCUT2D eigenvalue weighted by Crippen LogP contribution is -2.03. The van der Waals surface area contributed by atoms with E-state index in [0.717, 1.165) is 10.2 Å². The third-order valence-electron chi connectivity index (χ3n) is 3.45. The molecule has 8 nitrogen and oxygen atoms in total. The highest BCUT2D eigenvalue weighted by Gasteiger charge is 2.26. The summed E-state index contributed by atoms with van der Waals surface area (Å²) in [7, 11) is 0. The van der Waals surface area contributed by atoms with Crippen LogP contribution >= 0.6 is 11.3 Å². The molecule has 4 rings (SSSR count). The van der Waals surface area contributed by atoms with E-state index in [9.17, 15) is 10.1 Å². The van der Waals surface area contributed by atoms with Crippen LogP contribution < -0.4 is 10.1 Å². The Hall–Kier alpha value is -3.59. The van der Waals surface area contributed by atoms with Gasteiger partial charge in [0.2, 0.25) is 5.82 Å². The molecule has 0 unspecified atom stereocenters. The molecule has 128 valence electrons. The van der Waals surface area contributed by atoms with Crippen molar-refractivity contribution in [3.05, 3.63) is 71.0 Å². The summed E-state index contributed by atoms with van der Waals surface area (Å²) in [5.41, 5.74) is 0.452. The Morgan fingerprint density at radius 2 is 1.81 bits per heavy atom. The van der Waals surface area contributed by atoms with Crippen LogP contribution in [0.25, 0.3) is 10.2 Å². The minimum Gasteiger partial charge on any atom is -0.434 e. The molecule has 0 atom stereocenters. The van der Waals surface area contributed by atoms with Crippen LogP contribution in [0.4, 0.5) is 16.6 Å². The maximum absolute atomic E-state index is 11.6. The molecule has 2 heterocycles. The van der Waals surface area contributed by atoms with Gasteiger partial charge < -0.3 is 10.1 Å². The number of rotatable bonds is 5. The molecule has 2 aromatic carbocycles. The molecule has 0 spiro atoms. The summed E-state index contributed by atoms with van der Waals surface area (Å²) in [6, 6.07) is 16.3. The van der Waals surface area contributed by atoms with Gasteiger partial charge in [0.05, 0.1) is 15.1 Å². The van der Waals surface area contributed by atoms with Gasteiger partial charge >= 0.3 is 11.6 Å². The number of benzene rings is 2. The third-order valence-corrected chi connectivity index (χ3v) is 4.40. The zero-order valence-electron chi connectivity index (χ0n) is 13.2. The van der Waals surface area contributed by atoms with Crippen LogP contribution in [-0.2, 0) is 0 Å². The number of thiazole rings is 1. The monoisotopic (exact) mass is 365 g/mol. The highest BCUT2D eigenvalue weighted by Crippen LogP contribution is 2.36. The Balaban J connectivity index is 1.71. The van der Waals surface area contributed by atoms with E-state index in [2.05, 4.69) is 20.3 Å². The number of ether oxygens (including phenoxy) is 1. The Labute approximate surface area is 151 Å². The van der Waals surface area contributed by atoms with Crippen molar-refractivity contribution in [1.29, 1.82) is 0 Å². The van der Waals surface area contributed by atoms with E-state index in [-0.39, 0.29) is 17.4 Å². The Kier molecular flexibility index (Phi) is 4.12. The molecular weight excluding hydrogens is 354 g/mol. The molecule has 0 radical (unpaired) electrons. The first-order chi connectivity index (χ1) is 12.7. The summed E-state index contributed by atoms with van der Waals surface area (Å²) >= 11 is 1.38. The highest BCUT2D eigenvalue weighted by molar-refractivity contribution is 7.22. The molecule has 4 aromatic rings. The van der Waals surface area contributed by atoms with Crippen LogP contribution in [0.5, 0.6) is 11.6 Å². The number of hydrogen-bond acceptors (Lipinski definition) is 8. The number of para-hydroxylation sites is 2. The van der Waals surface area contributed by atoms with Crippen molar-refractivity contribution in [2.75, 3.05) is 5.32 Å². The van der Waals surface area contributed by atoms with Gasteiger partial charge in [0.1, 0.15) is 12.1 Å². The van der Waals surface area contributed by atoms with Gasteiger partial charge in [-0.2, -0.15) is 4.98 Å². The number of aromatic nitrogens is 3. The van der Waals surface area contributed by atoms with Crippen molar-refractivity contribution in [2.45, 2.75) is 0 Å². The zero-order valence-corrected chi connectivity index (χ0v) is 14.0. The molecule has 9 heteroatoms. The number of anilines is 2. The molecule has 26 heavy (non-hydrogen) atoms. The summed E-state index contributed by atoms with van der Waals surface area (Å²) in [6.45, 7) is 0. The molecule has 0 aliphatic carbocycles. The van der Waals surface area contributed by atoms with Gasteiger partial charge in [-0.05, 0) is 24.3 Å². The fourth-order valence-corrected chi connectivity index (χ4v) is 3.19. The van der Waals surface area contributed by atoms with Gasteiger partial charge in [-0.1, -0.05) is 41.7 Å². The first-order valence-electron chi connectivity index (χ1n) is 7.55. The molecule has 0 saturated heterocycles. The van der Waals surface area contributed by atoms with Crippen LogP contribution in [0.15, 0.2) is 60.9 Å². The van der Waals surface area contributed by atoms with E-state index in [0.29, 0.717) is 10.9 Å². The second-order valence-electron chi connectivity index (χ2n) is 5.16. The van der Waals surface area contributed by atoms with Gasteiger partial charge in [0.15, 0.2) is 5.13 Å². The number of nitro groups is 1. The second kappa shape index (κ2) is 6.73. The third kappa shape index (κ3) is 3.15. The van der Waals surface area contributed by atoms with E-state index in [1.165, 1.54) is 17.7 Å². The molecule has 0 bridgehead atoms. The van der Waals surface area contributed by atoms with Gasteiger partial charge in [-0.3, -0.25) is 10.1 Å². The minimum atomic E-state index is -0.575. The molecule has 0 aliphatic rings. The first-order valence-corrected chi connectivity index (χ1v) is 8.37. The lowest BCUT2D eigenvalue weighted by Gasteiger charge is -2.07. The predicted octanol–water partition coefficient (Wildman–Crippen LogP) is 4.53. The number of nitrogens with one attached hydrogen (secondary N) is 1. The standard InChI is InChI=1S/C17H11N5O3S/c23-22(24)14-15(21-17-20-12-8-4-5-9-13(12)26-17)18-10-19-16(14)25-11-6-2-1-3-7-11/h1-10H,(H,18,19,20,21). The normalized spacial score (nSPS) is 10.6. The number of hydrogen-bond donors (Lipinski definition) is 1. The average molecular weight is 365 g/mol. The number of nitrogens with zero attached hydrogens (tertiary/aromatic N) is 4. The summed E-state index contributed by atoms with van der Waals surface area (Å²) in [5, 5.41) is 15.0. The molecule has 0 amide bonds. The summed E-state index contributed by atoms with van der Waals surface area (Å²) < 4.78 is 6.52. The SMILES string of the molecule is O=[N+]([O-])c1c(Nc2nc3ccccc3s2)ncnc1Oc1ccccc1. The quantitative estimate of drug-likeness (QED) is 0.409. The maximum atomic E-state index is 11.6. The van der Waals surface area contributed by atoms with Gasteiger partial charge in [0, 0.05) is 0 Å². The van der Waals surface area contributed by atoms with Crippen LogP contribution in [0.1, 0.15) is 0 Å². The van der Waals surface area contributed by atoms with Crippen molar-refractivity contribution in [1.82, 2.24) is 15.0 Å². The van der Waals surface area contributed by atoms with Crippen molar-refractivity contribution >= 4 is 38.2 Å². The van der Waals surface area contributed by atoms with Crippen LogP contribution in [-0.4, -0.2) is 19.9 Å². The van der Waals surface area contributed by atoms with Gasteiger partial charge in [0.25, 0.3) is 0 Å². The molecule has 0 aliphatic heterocycles. The van der Waals surface area contributed by atoms with Gasteiger partial charge in [-0.25, -0.2) is 9.97 Å². The predicted molar refractivity (Wildman–Crippen MR) is 98.1 cm³/mol. The zero-order chi connectivity index (χ0) is 17.9. The summed E-state index contributed by atoms with van der Waals surface area (Å²) in [6.07, 6.45) is 1.21. The fourth-order valence-electron chi connectivity index (χ4n) is 2.32. The van der Waals surface area contributed by atoms with Crippen molar-refractivity contribution < 1.29 is 9.66 Å². The van der Waals surface area contributed by atoms with Crippen LogP contribution in [0, 0.1) is 10.1 Å². The summed E-state index contributed by atoms with van der Waals surface area (Å²) in [4.78, 5) is 23.3. The summed E-state index contributed by atoms with van der Waals surface area (Å²) in [5.74, 6) is 0.329. The topological polar surface area (TPSA) is 103 Å². The van der Waals surface area contributed by atoms with Crippen molar-refractivity contribution in [3.63, 3.8) is 0 Å². The molecular formula is C17H11N5O3S. The van der Waals surface area contributed by atoms with Crippen molar-refractivity contribution in [2.24, 2.45) is 0 Å². The fraction of sp³-hybridized carbons (Fsp3) is 0. The largest absolute Gasteiger partial charge is 0.434 e. The first kappa shape index (κ1) is 15.9. The maximum Gasteiger partial charge on any atom is 0.373 e. The smallest absolute Gasteiger partial charge is 0.373 e. The minimum absolute atomic E-state index is 0.0231. The molecule has 0 saturated carbocycles. The molecule has 1 N–H and O–H groups in total. The van der Waals surface area contributed by atoms with E-state index in [4.69, 9.17) is 4.74 Å². The van der Waals surface area contributed by atoms with E-state index in [1.807, 2.05) is 30.3 Å². The van der Waals surface area contributed by atoms with E-state index in [1.54, 1.807) is 24.3 Å². The van der Waals surface area contributed by atoms with Gasteiger partial charge in [-0.15, -0.1) is 0 Å². The Bertz CT molecular complexity index is 1050. The van der Waals surface area contributed by atoms with Crippen LogP contribution in [0.3, 0.4) is 0 Å². The highest BCUT2D eigenvalue weighted by atomic mass is 32.1. The van der Waals surface area contributed by atoms with E-state index < -0.39 is 4.92 Å². The van der Waals surface area contributed by atoms with Crippen LogP contribution in [0.2, 0.25) is 0 Å². The Morgan fingerprint density at radius 1 is 1.04 bits per heavy atom. The lowest BCUT2D eigenvalue weighted by atomic mass is 10.3. The van der Waals surface area contributed by atoms with E-state index >= 15 is 0 Å². The number of fused-ring (bicyclic) bond motifs is 1. The molecule has 0 fully saturated rings. The Morgan fingerprint density at radius 3 is 2.58 bits per heavy atom. The lowest BCUT2D eigenvalue weighted by molar-refractivity contribution is -0.385. The molecule has 2 aromatic heterocycles. The van der Waals surface area contributed by atoms with Crippen molar-refractivity contribution in [3.8, 4) is 11.6 Å². The second-order valence-corrected chi connectivity index (χ2v) is 6.19. The average Bonchev–Trinajstić information content (AvgIpc) is 3.05.